The van der Waals surface area contributed by atoms with Crippen molar-refractivity contribution in [3.8, 4) is 11.8 Å². The van der Waals surface area contributed by atoms with Crippen LogP contribution in [0.5, 0.6) is 11.8 Å². The summed E-state index contributed by atoms with van der Waals surface area (Å²) in [4.78, 5) is 24.8. The molecule has 3 aromatic heterocycles. The van der Waals surface area contributed by atoms with Gasteiger partial charge >= 0.3 is 0 Å². The molecule has 1 aliphatic heterocycles. The Morgan fingerprint density at radius 1 is 1.21 bits per heavy atom. The Morgan fingerprint density at radius 2 is 2.11 bits per heavy atom. The van der Waals surface area contributed by atoms with Crippen molar-refractivity contribution in [1.82, 2.24) is 20.3 Å². The van der Waals surface area contributed by atoms with Crippen LogP contribution in [-0.4, -0.2) is 33.4 Å². The van der Waals surface area contributed by atoms with Crippen molar-refractivity contribution in [3.63, 3.8) is 0 Å². The number of aromatic nitrogens is 3. The predicted molar refractivity (Wildman–Crippen MR) is 104 cm³/mol. The summed E-state index contributed by atoms with van der Waals surface area (Å²) < 4.78 is 11.5. The lowest BCUT2D eigenvalue weighted by atomic mass is 10.1. The van der Waals surface area contributed by atoms with Crippen molar-refractivity contribution in [2.24, 2.45) is 0 Å². The molecule has 4 heterocycles. The molecule has 0 saturated heterocycles. The largest absolute Gasteiger partial charge is 0.449 e. The van der Waals surface area contributed by atoms with Crippen LogP contribution in [0.25, 0.3) is 21.9 Å². The zero-order valence-electron chi connectivity index (χ0n) is 14.7. The Balaban J connectivity index is 1.62. The molecular formula is C19H14ClN5O3. The predicted octanol–water partition coefficient (Wildman–Crippen LogP) is 3.76. The lowest BCUT2D eigenvalue weighted by molar-refractivity contribution is 0.0920. The summed E-state index contributed by atoms with van der Waals surface area (Å²) in [5.41, 5.74) is 2.00. The number of carbonyl (C=O) groups excluding carboxylic acids is 1. The Bertz CT molecular complexity index is 1240. The van der Waals surface area contributed by atoms with Crippen LogP contribution in [0.2, 0.25) is 5.15 Å². The van der Waals surface area contributed by atoms with Crippen molar-refractivity contribution in [2.75, 3.05) is 11.9 Å². The fourth-order valence-electron chi connectivity index (χ4n) is 3.24. The van der Waals surface area contributed by atoms with Crippen molar-refractivity contribution >= 4 is 45.1 Å². The number of furan rings is 1. The fraction of sp³-hybridized carbons (Fsp3) is 0.158. The van der Waals surface area contributed by atoms with Gasteiger partial charge in [0.2, 0.25) is 17.5 Å². The van der Waals surface area contributed by atoms with E-state index >= 15 is 0 Å². The molecule has 1 atom stereocenters. The molecule has 0 fully saturated rings. The number of ether oxygens (including phenoxy) is 1. The van der Waals surface area contributed by atoms with E-state index in [0.29, 0.717) is 35.1 Å². The summed E-state index contributed by atoms with van der Waals surface area (Å²) in [7, 11) is 0. The summed E-state index contributed by atoms with van der Waals surface area (Å²) in [6.45, 7) is 2.54. The van der Waals surface area contributed by atoms with Gasteiger partial charge in [-0.05, 0) is 25.1 Å². The van der Waals surface area contributed by atoms with Gasteiger partial charge in [0.15, 0.2) is 0 Å². The van der Waals surface area contributed by atoms with Gasteiger partial charge in [0.05, 0.1) is 16.6 Å². The number of amides is 1. The molecule has 28 heavy (non-hydrogen) atoms. The number of halogens is 1. The third-order valence-electron chi connectivity index (χ3n) is 4.48. The molecule has 1 unspecified atom stereocenters. The lowest BCUT2D eigenvalue weighted by Crippen LogP contribution is -2.34. The molecule has 0 bridgehead atoms. The minimum Gasteiger partial charge on any atom is -0.449 e. The molecular weight excluding hydrogens is 382 g/mol. The van der Waals surface area contributed by atoms with Gasteiger partial charge in [0, 0.05) is 30.1 Å². The highest BCUT2D eigenvalue weighted by atomic mass is 35.5. The van der Waals surface area contributed by atoms with Gasteiger partial charge in [-0.1, -0.05) is 11.6 Å². The lowest BCUT2D eigenvalue weighted by Gasteiger charge is -2.09. The second-order valence-electron chi connectivity index (χ2n) is 6.50. The zero-order chi connectivity index (χ0) is 19.3. The minimum absolute atomic E-state index is 0.00191. The normalized spacial score (nSPS) is 16.4. The minimum atomic E-state index is -0.231. The summed E-state index contributed by atoms with van der Waals surface area (Å²) in [6, 6.07) is 8.74. The molecule has 2 N–H and O–H groups in total. The number of nitrogens with zero attached hydrogens (tertiary/aromatic N) is 3. The van der Waals surface area contributed by atoms with E-state index in [1.165, 1.54) is 12.4 Å². The van der Waals surface area contributed by atoms with Crippen LogP contribution in [0.4, 0.5) is 5.69 Å². The van der Waals surface area contributed by atoms with Gasteiger partial charge in [0.1, 0.15) is 17.1 Å². The van der Waals surface area contributed by atoms with E-state index in [-0.39, 0.29) is 22.9 Å². The third-order valence-corrected chi connectivity index (χ3v) is 4.69. The molecule has 1 aromatic carbocycles. The number of pyridine rings is 1. The maximum absolute atomic E-state index is 12.4. The molecule has 5 rings (SSSR count). The molecule has 8 nitrogen and oxygen atoms in total. The Hall–Kier alpha value is -3.39. The Labute approximate surface area is 163 Å². The van der Waals surface area contributed by atoms with Gasteiger partial charge in [-0.2, -0.15) is 0 Å². The molecule has 0 aliphatic carbocycles. The standard InChI is InChI=1S/C19H14ClN5O3/c1-9-7-21-17-16-10-2-5-14(28-15-6-13(20)22-8-23-15)25-11(10)3-4-12(16)27-18(17)19(26)24-9/h2-6,8-9,21H,7H2,1H3,(H,24,26). The highest BCUT2D eigenvalue weighted by molar-refractivity contribution is 6.29. The van der Waals surface area contributed by atoms with E-state index in [2.05, 4.69) is 25.6 Å². The SMILES string of the molecule is CC1CNc2c(oc3ccc4nc(Oc5cc(Cl)ncn5)ccc4c23)C(=O)N1. The van der Waals surface area contributed by atoms with Crippen LogP contribution in [0.15, 0.2) is 41.1 Å². The van der Waals surface area contributed by atoms with Crippen LogP contribution in [0.3, 0.4) is 0 Å². The quantitative estimate of drug-likeness (QED) is 0.498. The fourth-order valence-corrected chi connectivity index (χ4v) is 3.38. The van der Waals surface area contributed by atoms with Crippen LogP contribution in [-0.2, 0) is 0 Å². The van der Waals surface area contributed by atoms with Crippen molar-refractivity contribution < 1.29 is 13.9 Å². The van der Waals surface area contributed by atoms with Crippen LogP contribution in [0, 0.1) is 0 Å². The average molecular weight is 396 g/mol. The summed E-state index contributed by atoms with van der Waals surface area (Å²) in [5.74, 6) is 0.723. The van der Waals surface area contributed by atoms with Crippen molar-refractivity contribution in [2.45, 2.75) is 13.0 Å². The highest BCUT2D eigenvalue weighted by Gasteiger charge is 2.26. The maximum Gasteiger partial charge on any atom is 0.289 e. The van der Waals surface area contributed by atoms with Crippen LogP contribution in [0.1, 0.15) is 17.5 Å². The molecule has 0 saturated carbocycles. The van der Waals surface area contributed by atoms with E-state index in [1.54, 1.807) is 12.1 Å². The number of nitrogens with one attached hydrogen (secondary N) is 2. The number of fused-ring (bicyclic) bond motifs is 5. The first-order valence-corrected chi connectivity index (χ1v) is 9.02. The van der Waals surface area contributed by atoms with E-state index < -0.39 is 0 Å². The summed E-state index contributed by atoms with van der Waals surface area (Å²) in [5, 5.41) is 8.16. The van der Waals surface area contributed by atoms with E-state index in [4.69, 9.17) is 20.8 Å². The first kappa shape index (κ1) is 16.8. The van der Waals surface area contributed by atoms with Gasteiger partial charge in [-0.15, -0.1) is 0 Å². The molecule has 4 aromatic rings. The number of anilines is 1. The summed E-state index contributed by atoms with van der Waals surface area (Å²) in [6.07, 6.45) is 1.32. The van der Waals surface area contributed by atoms with Gasteiger partial charge in [-0.3, -0.25) is 4.79 Å². The second kappa shape index (κ2) is 6.35. The highest BCUT2D eigenvalue weighted by Crippen LogP contribution is 2.37. The number of benzene rings is 1. The third kappa shape index (κ3) is 2.78. The molecule has 0 radical (unpaired) electrons. The average Bonchev–Trinajstić information content (AvgIpc) is 2.99. The van der Waals surface area contributed by atoms with Crippen molar-refractivity contribution in [1.29, 1.82) is 0 Å². The first-order chi connectivity index (χ1) is 13.6. The Morgan fingerprint density at radius 3 is 2.96 bits per heavy atom. The smallest absolute Gasteiger partial charge is 0.289 e. The van der Waals surface area contributed by atoms with E-state index in [1.807, 2.05) is 19.1 Å². The van der Waals surface area contributed by atoms with E-state index in [9.17, 15) is 4.79 Å². The first-order valence-electron chi connectivity index (χ1n) is 8.65. The van der Waals surface area contributed by atoms with Crippen LogP contribution < -0.4 is 15.4 Å². The number of carbonyl (C=O) groups is 1. The van der Waals surface area contributed by atoms with Gasteiger partial charge in [-0.25, -0.2) is 15.0 Å². The Kier molecular flexibility index (Phi) is 3.80. The zero-order valence-corrected chi connectivity index (χ0v) is 15.4. The van der Waals surface area contributed by atoms with Crippen LogP contribution >= 0.6 is 11.6 Å². The van der Waals surface area contributed by atoms with Gasteiger partial charge in [0.25, 0.3) is 5.91 Å². The molecule has 0 spiro atoms. The van der Waals surface area contributed by atoms with E-state index in [0.717, 1.165) is 10.8 Å². The maximum atomic E-state index is 12.4. The van der Waals surface area contributed by atoms with Gasteiger partial charge < -0.3 is 19.8 Å². The molecule has 140 valence electrons. The second-order valence-corrected chi connectivity index (χ2v) is 6.88. The molecule has 1 amide bonds. The summed E-state index contributed by atoms with van der Waals surface area (Å²) >= 11 is 5.86. The topological polar surface area (TPSA) is 102 Å². The van der Waals surface area contributed by atoms with Crippen molar-refractivity contribution in [3.05, 3.63) is 47.6 Å². The molecule has 9 heteroatoms. The molecule has 1 aliphatic rings. The monoisotopic (exact) mass is 395 g/mol. The number of rotatable bonds is 2. The number of hydrogen-bond acceptors (Lipinski definition) is 7. The number of hydrogen-bond donors (Lipinski definition) is 2.